The van der Waals surface area contributed by atoms with Crippen LogP contribution >= 0.6 is 11.8 Å². The number of hydrogen-bond acceptors (Lipinski definition) is 6. The summed E-state index contributed by atoms with van der Waals surface area (Å²) >= 11 is 1.50. The summed E-state index contributed by atoms with van der Waals surface area (Å²) in [6.07, 6.45) is 0. The van der Waals surface area contributed by atoms with E-state index in [4.69, 9.17) is 4.52 Å². The van der Waals surface area contributed by atoms with Crippen molar-refractivity contribution in [2.45, 2.75) is 24.9 Å². The fourth-order valence-corrected chi connectivity index (χ4v) is 2.65. The Kier molecular flexibility index (Phi) is 5.81. The van der Waals surface area contributed by atoms with Crippen LogP contribution in [0.15, 0.2) is 34.9 Å². The van der Waals surface area contributed by atoms with Crippen LogP contribution in [-0.2, 0) is 15.3 Å². The predicted octanol–water partition coefficient (Wildman–Crippen LogP) is 3.03. The van der Waals surface area contributed by atoms with Crippen molar-refractivity contribution in [2.75, 3.05) is 12.4 Å². The third-order valence-electron chi connectivity index (χ3n) is 3.12. The number of esters is 1. The fourth-order valence-electron chi connectivity index (χ4n) is 1.80. The van der Waals surface area contributed by atoms with E-state index >= 15 is 0 Å². The number of amides is 1. The molecule has 1 N–H and O–H groups in total. The zero-order valence-electron chi connectivity index (χ0n) is 13.2. The van der Waals surface area contributed by atoms with Gasteiger partial charge in [0.25, 0.3) is 0 Å². The lowest BCUT2D eigenvalue weighted by Gasteiger charge is -2.10. The molecular formula is C16H18N2O4S. The van der Waals surface area contributed by atoms with Gasteiger partial charge < -0.3 is 14.6 Å². The van der Waals surface area contributed by atoms with Gasteiger partial charge in [0.1, 0.15) is 5.76 Å². The monoisotopic (exact) mass is 334 g/mol. The van der Waals surface area contributed by atoms with Crippen LogP contribution in [0.1, 0.15) is 28.6 Å². The second kappa shape index (κ2) is 7.82. The topological polar surface area (TPSA) is 81.4 Å². The van der Waals surface area contributed by atoms with E-state index in [0.717, 1.165) is 5.56 Å². The van der Waals surface area contributed by atoms with Crippen LogP contribution in [0.2, 0.25) is 0 Å². The molecule has 0 fully saturated rings. The van der Waals surface area contributed by atoms with Gasteiger partial charge in [-0.1, -0.05) is 17.3 Å². The molecule has 0 saturated carbocycles. The van der Waals surface area contributed by atoms with Crippen LogP contribution in [0, 0.1) is 6.92 Å². The highest BCUT2D eigenvalue weighted by Gasteiger charge is 2.15. The first-order chi connectivity index (χ1) is 11.0. The molecule has 0 aliphatic carbocycles. The molecule has 0 bridgehead atoms. The number of nitrogens with one attached hydrogen (secondary N) is 1. The second-order valence-electron chi connectivity index (χ2n) is 4.95. The molecule has 1 aromatic carbocycles. The molecule has 0 aliphatic rings. The van der Waals surface area contributed by atoms with Gasteiger partial charge in [0, 0.05) is 11.8 Å². The molecule has 0 radical (unpaired) electrons. The Balaban J connectivity index is 1.84. The smallest absolute Gasteiger partial charge is 0.337 e. The first-order valence-corrected chi connectivity index (χ1v) is 8.07. The largest absolute Gasteiger partial charge is 0.465 e. The van der Waals surface area contributed by atoms with E-state index in [1.165, 1.54) is 18.9 Å². The molecule has 0 saturated heterocycles. The SMILES string of the molecule is COC(=O)c1ccc(CSC(C)C(=O)Nc2cc(C)on2)cc1. The number of carbonyl (C=O) groups excluding carboxylic acids is 2. The van der Waals surface area contributed by atoms with Gasteiger partial charge in [-0.25, -0.2) is 4.79 Å². The van der Waals surface area contributed by atoms with Crippen molar-refractivity contribution in [3.8, 4) is 0 Å². The van der Waals surface area contributed by atoms with E-state index in [0.29, 0.717) is 22.9 Å². The number of aromatic nitrogens is 1. The minimum atomic E-state index is -0.361. The van der Waals surface area contributed by atoms with Gasteiger partial charge in [0.2, 0.25) is 5.91 Å². The number of methoxy groups -OCH3 is 1. The maximum absolute atomic E-state index is 12.1. The van der Waals surface area contributed by atoms with Crippen molar-refractivity contribution in [1.29, 1.82) is 0 Å². The molecule has 0 aliphatic heterocycles. The van der Waals surface area contributed by atoms with E-state index in [1.807, 2.05) is 19.1 Å². The third kappa shape index (κ3) is 4.85. The highest BCUT2D eigenvalue weighted by molar-refractivity contribution is 7.99. The van der Waals surface area contributed by atoms with Crippen LogP contribution < -0.4 is 5.32 Å². The summed E-state index contributed by atoms with van der Waals surface area (Å²) in [6, 6.07) is 8.80. The molecule has 1 amide bonds. The van der Waals surface area contributed by atoms with Crippen LogP contribution in [0.3, 0.4) is 0 Å². The number of aryl methyl sites for hydroxylation is 1. The average Bonchev–Trinajstić information content (AvgIpc) is 2.97. The fraction of sp³-hybridized carbons (Fsp3) is 0.312. The maximum Gasteiger partial charge on any atom is 0.337 e. The van der Waals surface area contributed by atoms with Crippen LogP contribution in [0.5, 0.6) is 0 Å². The zero-order valence-corrected chi connectivity index (χ0v) is 14.0. The Labute approximate surface area is 138 Å². The van der Waals surface area contributed by atoms with Gasteiger partial charge >= 0.3 is 5.97 Å². The molecule has 23 heavy (non-hydrogen) atoms. The highest BCUT2D eigenvalue weighted by Crippen LogP contribution is 2.20. The van der Waals surface area contributed by atoms with Crippen molar-refractivity contribution in [3.05, 3.63) is 47.2 Å². The molecule has 2 rings (SSSR count). The lowest BCUT2D eigenvalue weighted by atomic mass is 10.1. The summed E-state index contributed by atoms with van der Waals surface area (Å²) in [5, 5.41) is 6.19. The first-order valence-electron chi connectivity index (χ1n) is 7.02. The quantitative estimate of drug-likeness (QED) is 0.818. The minimum Gasteiger partial charge on any atom is -0.465 e. The lowest BCUT2D eigenvalue weighted by molar-refractivity contribution is -0.115. The normalized spacial score (nSPS) is 11.8. The number of carbonyl (C=O) groups is 2. The van der Waals surface area contributed by atoms with Gasteiger partial charge in [-0.3, -0.25) is 4.79 Å². The standard InChI is InChI=1S/C16H18N2O4S/c1-10-8-14(18-22-10)17-15(19)11(2)23-9-12-4-6-13(7-5-12)16(20)21-3/h4-8,11H,9H2,1-3H3,(H,17,18,19). The van der Waals surface area contributed by atoms with Crippen LogP contribution in [0.25, 0.3) is 0 Å². The third-order valence-corrected chi connectivity index (χ3v) is 4.34. The van der Waals surface area contributed by atoms with E-state index in [9.17, 15) is 9.59 Å². The van der Waals surface area contributed by atoms with E-state index < -0.39 is 0 Å². The van der Waals surface area contributed by atoms with Gasteiger partial charge in [-0.05, 0) is 31.5 Å². The van der Waals surface area contributed by atoms with Crippen molar-refractivity contribution in [2.24, 2.45) is 0 Å². The summed E-state index contributed by atoms with van der Waals surface area (Å²) in [5.74, 6) is 1.23. The Hall–Kier alpha value is -2.28. The lowest BCUT2D eigenvalue weighted by Crippen LogP contribution is -2.22. The first kappa shape index (κ1) is 17.1. The summed E-state index contributed by atoms with van der Waals surface area (Å²) in [7, 11) is 1.35. The molecular weight excluding hydrogens is 316 g/mol. The zero-order chi connectivity index (χ0) is 16.8. The average molecular weight is 334 g/mol. The Morgan fingerprint density at radius 3 is 2.61 bits per heavy atom. The summed E-state index contributed by atoms with van der Waals surface area (Å²) < 4.78 is 9.56. The number of anilines is 1. The molecule has 1 atom stereocenters. The predicted molar refractivity (Wildman–Crippen MR) is 88.4 cm³/mol. The number of nitrogens with zero attached hydrogens (tertiary/aromatic N) is 1. The van der Waals surface area contributed by atoms with Crippen LogP contribution in [0.4, 0.5) is 5.82 Å². The number of hydrogen-bond donors (Lipinski definition) is 1. The van der Waals surface area contributed by atoms with Crippen molar-refractivity contribution in [3.63, 3.8) is 0 Å². The number of benzene rings is 1. The molecule has 1 unspecified atom stereocenters. The molecule has 1 heterocycles. The molecule has 1 aromatic heterocycles. The molecule has 122 valence electrons. The van der Waals surface area contributed by atoms with E-state index in [2.05, 4.69) is 15.2 Å². The summed E-state index contributed by atoms with van der Waals surface area (Å²) in [5.41, 5.74) is 1.54. The summed E-state index contributed by atoms with van der Waals surface area (Å²) in [6.45, 7) is 3.59. The van der Waals surface area contributed by atoms with Crippen molar-refractivity contribution >= 4 is 29.5 Å². The van der Waals surface area contributed by atoms with Gasteiger partial charge in [0.15, 0.2) is 5.82 Å². The highest BCUT2D eigenvalue weighted by atomic mass is 32.2. The van der Waals surface area contributed by atoms with E-state index in [1.54, 1.807) is 25.1 Å². The minimum absolute atomic E-state index is 0.130. The Bertz CT molecular complexity index is 682. The van der Waals surface area contributed by atoms with Gasteiger partial charge in [-0.2, -0.15) is 0 Å². The molecule has 7 heteroatoms. The van der Waals surface area contributed by atoms with Gasteiger partial charge in [-0.15, -0.1) is 11.8 Å². The van der Waals surface area contributed by atoms with Crippen molar-refractivity contribution < 1.29 is 18.8 Å². The Morgan fingerprint density at radius 1 is 1.35 bits per heavy atom. The number of ether oxygens (including phenoxy) is 1. The number of thioether (sulfide) groups is 1. The van der Waals surface area contributed by atoms with Crippen molar-refractivity contribution in [1.82, 2.24) is 5.16 Å². The molecule has 6 nitrogen and oxygen atoms in total. The second-order valence-corrected chi connectivity index (χ2v) is 6.28. The maximum atomic E-state index is 12.1. The van der Waals surface area contributed by atoms with E-state index in [-0.39, 0.29) is 17.1 Å². The van der Waals surface area contributed by atoms with Gasteiger partial charge in [0.05, 0.1) is 17.9 Å². The Morgan fingerprint density at radius 2 is 2.04 bits per heavy atom. The summed E-state index contributed by atoms with van der Waals surface area (Å²) in [4.78, 5) is 23.4. The van der Waals surface area contributed by atoms with Crippen LogP contribution in [-0.4, -0.2) is 29.4 Å². The molecule has 0 spiro atoms. The molecule has 2 aromatic rings. The number of rotatable bonds is 6.